The molecule has 1 saturated heterocycles. The molecule has 0 saturated carbocycles. The number of aliphatic hydroxyl groups is 1. The van der Waals surface area contributed by atoms with Crippen molar-refractivity contribution in [1.82, 2.24) is 4.90 Å². The van der Waals surface area contributed by atoms with E-state index in [0.29, 0.717) is 17.0 Å². The van der Waals surface area contributed by atoms with Gasteiger partial charge in [0.2, 0.25) is 0 Å². The average molecular weight is 335 g/mol. The minimum atomic E-state index is -3.49. The van der Waals surface area contributed by atoms with Crippen molar-refractivity contribution in [3.05, 3.63) is 23.3 Å². The first-order valence-corrected chi connectivity index (χ1v) is 7.23. The Labute approximate surface area is 160 Å². The molecule has 0 bridgehead atoms. The van der Waals surface area contributed by atoms with Crippen LogP contribution in [0.3, 0.4) is 0 Å². The van der Waals surface area contributed by atoms with E-state index in [0.717, 1.165) is 0 Å². The predicted octanol–water partition coefficient (Wildman–Crippen LogP) is 3.03. The molecule has 2 heterocycles. The molecule has 1 N–H and O–H groups in total. The second-order valence-electron chi connectivity index (χ2n) is 5.90. The maximum atomic E-state index is 11.2. The number of benzene rings is 1. The molecule has 1 fully saturated rings. The Hall–Kier alpha value is -1.26. The van der Waals surface area contributed by atoms with Crippen molar-refractivity contribution in [2.75, 3.05) is 27.1 Å². The van der Waals surface area contributed by atoms with Gasteiger partial charge in [-0.3, -0.25) is 4.90 Å². The second kappa shape index (κ2) is 6.70. The van der Waals surface area contributed by atoms with Crippen LogP contribution in [-0.2, 0) is 6.37 Å². The van der Waals surface area contributed by atoms with E-state index in [9.17, 15) is 6.48 Å². The monoisotopic (exact) mass is 334 g/mol. The first-order chi connectivity index (χ1) is 16.7. The van der Waals surface area contributed by atoms with Crippen LogP contribution in [0.15, 0.2) is 12.1 Å². The molecule has 23 heavy (non-hydrogen) atoms. The second-order valence-corrected chi connectivity index (χ2v) is 5.90. The lowest BCUT2D eigenvalue weighted by Crippen LogP contribution is -2.48. The summed E-state index contributed by atoms with van der Waals surface area (Å²) < 4.78 is 133. The number of rotatable bonds is 4. The van der Waals surface area contributed by atoms with Crippen molar-refractivity contribution in [2.45, 2.75) is 45.1 Å². The van der Waals surface area contributed by atoms with Gasteiger partial charge in [-0.25, -0.2) is 0 Å². The van der Waals surface area contributed by atoms with Crippen LogP contribution in [0.5, 0.6) is 11.5 Å². The Morgan fingerprint density at radius 3 is 2.83 bits per heavy atom. The van der Waals surface area contributed by atoms with Gasteiger partial charge >= 0.3 is 0 Å². The minimum absolute atomic E-state index is 0.302. The minimum Gasteiger partial charge on any atom is -0.493 e. The number of fused-ring (bicyclic) bond motifs is 3. The summed E-state index contributed by atoms with van der Waals surface area (Å²) in [7, 11) is -6.39. The number of nitrogens with zero attached hydrogens (tertiary/aromatic N) is 1. The fraction of sp³-hybridized carbons (Fsp3) is 0.684. The summed E-state index contributed by atoms with van der Waals surface area (Å²) in [6.07, 6.45) is -10.2. The molecule has 0 aliphatic carbocycles. The lowest BCUT2D eigenvalue weighted by molar-refractivity contribution is -0.0191. The van der Waals surface area contributed by atoms with Crippen molar-refractivity contribution in [3.8, 4) is 11.5 Å². The van der Waals surface area contributed by atoms with Crippen LogP contribution in [0.4, 0.5) is 0 Å². The Bertz CT molecular complexity index is 1100. The number of aryl methyl sites for hydroxylation is 1. The molecular weight excluding hydrogens is 290 g/mol. The summed E-state index contributed by atoms with van der Waals surface area (Å²) in [5.41, 5.74) is -1.50. The summed E-state index contributed by atoms with van der Waals surface area (Å²) in [6, 6.07) is -1.83. The van der Waals surface area contributed by atoms with Gasteiger partial charge in [-0.2, -0.15) is 0 Å². The van der Waals surface area contributed by atoms with Crippen LogP contribution in [0, 0.1) is 11.8 Å². The highest BCUT2D eigenvalue weighted by atomic mass is 16.5. The quantitative estimate of drug-likeness (QED) is 0.919. The molecule has 3 rings (SSSR count). The average Bonchev–Trinajstić information content (AvgIpc) is 2.67. The molecule has 0 radical (unpaired) electrons. The van der Waals surface area contributed by atoms with E-state index < -0.39 is 80.5 Å². The third-order valence-corrected chi connectivity index (χ3v) is 3.73. The molecule has 4 heteroatoms. The highest BCUT2D eigenvalue weighted by Crippen LogP contribution is 2.43. The Morgan fingerprint density at radius 1 is 1.39 bits per heavy atom. The molecule has 1 aromatic rings. The molecule has 3 unspecified atom stereocenters. The van der Waals surface area contributed by atoms with Gasteiger partial charge in [-0.05, 0) is 54.2 Å². The molecule has 4 nitrogen and oxygen atoms in total. The Kier molecular flexibility index (Phi) is 1.81. The summed E-state index contributed by atoms with van der Waals surface area (Å²) >= 11 is 0. The van der Waals surface area contributed by atoms with Gasteiger partial charge in [0.05, 0.1) is 31.1 Å². The topological polar surface area (TPSA) is 41.9 Å². The van der Waals surface area contributed by atoms with Crippen LogP contribution in [0.25, 0.3) is 0 Å². The number of piperidine rings is 1. The van der Waals surface area contributed by atoms with Crippen molar-refractivity contribution >= 4 is 0 Å². The molecule has 2 aliphatic rings. The van der Waals surface area contributed by atoms with Gasteiger partial charge in [0, 0.05) is 28.7 Å². The van der Waals surface area contributed by atoms with Crippen LogP contribution >= 0.6 is 0 Å². The molecule has 0 amide bonds. The third kappa shape index (κ3) is 3.20. The van der Waals surface area contributed by atoms with Gasteiger partial charge in [0.15, 0.2) is 11.5 Å². The van der Waals surface area contributed by atoms with Crippen molar-refractivity contribution in [1.29, 1.82) is 0 Å². The maximum absolute atomic E-state index is 11.2. The van der Waals surface area contributed by atoms with Gasteiger partial charge in [-0.1, -0.05) is 13.8 Å². The van der Waals surface area contributed by atoms with E-state index in [1.54, 1.807) is 13.8 Å². The molecule has 2 aliphatic heterocycles. The normalized spacial score (nSPS) is 54.3. The van der Waals surface area contributed by atoms with Gasteiger partial charge in [-0.15, -0.1) is 0 Å². The lowest BCUT2D eigenvalue weighted by Gasteiger charge is -2.46. The molecular formula is C19H29NO3. The largest absolute Gasteiger partial charge is 0.493 e. The lowest BCUT2D eigenvalue weighted by atomic mass is 9.79. The SMILES string of the molecule is [2H]C([2H])([2H])Oc1cc2c(cc1OC([2H])([2H])[2H])C1([2H])N(CC([2H])(CC(C)C)C([2H])(O)C1([2H])[2H])C([2H])([2H])C2([2H])[2H]. The van der Waals surface area contributed by atoms with Gasteiger partial charge in [0.1, 0.15) is 0 Å². The zero-order chi connectivity index (χ0) is 29.7. The molecule has 0 spiro atoms. The van der Waals surface area contributed by atoms with Crippen LogP contribution in [0.2, 0.25) is 0 Å². The van der Waals surface area contributed by atoms with Crippen LogP contribution < -0.4 is 9.47 Å². The fourth-order valence-corrected chi connectivity index (χ4v) is 2.72. The van der Waals surface area contributed by atoms with Crippen LogP contribution in [-0.4, -0.2) is 43.2 Å². The number of methoxy groups -OCH3 is 2. The summed E-state index contributed by atoms with van der Waals surface area (Å²) in [5, 5.41) is 11.2. The Balaban J connectivity index is 2.45. The standard InChI is InChI=1S/C19H29NO3/c1-12(2)7-14-11-20-6-5-13-8-18(22-3)19(23-4)9-15(13)16(20)10-17(14)21/h8-9,12,14,16-17,21H,5-7,10-11H2,1-4H3/i3D3,4D3,5D2,6D2,10D2,14D,16D,17D. The summed E-state index contributed by atoms with van der Waals surface area (Å²) in [4.78, 5) is 0.421. The molecule has 3 atom stereocenters. The van der Waals surface area contributed by atoms with Crippen LogP contribution in [0.1, 0.15) is 64.3 Å². The zero-order valence-electron chi connectivity index (χ0n) is 27.9. The summed E-state index contributed by atoms with van der Waals surface area (Å²) in [6.45, 7) is -0.911. The van der Waals surface area contributed by atoms with Gasteiger partial charge in [0.25, 0.3) is 0 Å². The first kappa shape index (κ1) is 6.23. The third-order valence-electron chi connectivity index (χ3n) is 3.73. The summed E-state index contributed by atoms with van der Waals surface area (Å²) in [5.74, 6) is -4.46. The smallest absolute Gasteiger partial charge is 0.161 e. The maximum Gasteiger partial charge on any atom is 0.161 e. The van der Waals surface area contributed by atoms with Crippen molar-refractivity contribution < 1.29 is 35.1 Å². The van der Waals surface area contributed by atoms with Crippen molar-refractivity contribution in [3.63, 3.8) is 0 Å². The zero-order valence-corrected chi connectivity index (χ0v) is 12.9. The highest BCUT2D eigenvalue weighted by molar-refractivity contribution is 5.49. The van der Waals surface area contributed by atoms with Crippen molar-refractivity contribution in [2.24, 2.45) is 11.8 Å². The Morgan fingerprint density at radius 2 is 2.13 bits per heavy atom. The van der Waals surface area contributed by atoms with E-state index >= 15 is 0 Å². The predicted molar refractivity (Wildman–Crippen MR) is 91.1 cm³/mol. The number of hydrogen-bond donors (Lipinski definition) is 1. The van der Waals surface area contributed by atoms with E-state index in [2.05, 4.69) is 0 Å². The van der Waals surface area contributed by atoms with Gasteiger partial charge < -0.3 is 14.6 Å². The number of ether oxygens (including phenoxy) is 2. The molecule has 1 aromatic carbocycles. The van der Waals surface area contributed by atoms with E-state index in [1.165, 1.54) is 0 Å². The first-order valence-electron chi connectivity index (χ1n) is 14.7. The van der Waals surface area contributed by atoms with E-state index in [4.69, 9.17) is 28.7 Å². The molecule has 0 aromatic heterocycles. The number of hydrogen-bond acceptors (Lipinski definition) is 4. The molecule has 128 valence electrons. The van der Waals surface area contributed by atoms with E-state index in [-0.39, 0.29) is 12.3 Å². The fourth-order valence-electron chi connectivity index (χ4n) is 2.72. The highest BCUT2D eigenvalue weighted by Gasteiger charge is 2.38. The van der Waals surface area contributed by atoms with E-state index in [1.807, 2.05) is 0 Å².